The molecule has 1 aromatic heterocycles. The largest absolute Gasteiger partial charge is 0.467 e. The van der Waals surface area contributed by atoms with E-state index >= 15 is 0 Å². The summed E-state index contributed by atoms with van der Waals surface area (Å²) < 4.78 is 4.64. The molecule has 0 saturated carbocycles. The van der Waals surface area contributed by atoms with Gasteiger partial charge in [-0.15, -0.1) is 0 Å². The van der Waals surface area contributed by atoms with E-state index in [0.717, 1.165) is 10.9 Å². The summed E-state index contributed by atoms with van der Waals surface area (Å²) in [6, 6.07) is 5.16. The second kappa shape index (κ2) is 4.72. The Balaban J connectivity index is 2.22. The van der Waals surface area contributed by atoms with Gasteiger partial charge in [-0.3, -0.25) is 9.89 Å². The molecule has 1 aromatic carbocycles. The van der Waals surface area contributed by atoms with Gasteiger partial charge >= 0.3 is 5.97 Å². The summed E-state index contributed by atoms with van der Waals surface area (Å²) in [6.45, 7) is 3.18. The Morgan fingerprint density at radius 1 is 1.37 bits per heavy atom. The molecule has 0 fully saturated rings. The van der Waals surface area contributed by atoms with Crippen molar-refractivity contribution < 1.29 is 14.3 Å². The SMILES string of the molecule is COC(=O)C(C)(C)NC(=O)c1ccc2cn[nH]c2c1. The molecule has 0 radical (unpaired) electrons. The van der Waals surface area contributed by atoms with Crippen LogP contribution in [-0.4, -0.2) is 34.7 Å². The van der Waals surface area contributed by atoms with Crippen LogP contribution in [0, 0.1) is 0 Å². The summed E-state index contributed by atoms with van der Waals surface area (Å²) in [5, 5.41) is 10.2. The average molecular weight is 261 g/mol. The standard InChI is InChI=1S/C13H15N3O3/c1-13(2,12(18)19-3)15-11(17)8-4-5-9-7-14-16-10(9)6-8/h4-7H,1-3H3,(H,14,16)(H,15,17). The molecule has 6 heteroatoms. The number of H-pyrrole nitrogens is 1. The fourth-order valence-electron chi connectivity index (χ4n) is 1.74. The van der Waals surface area contributed by atoms with Gasteiger partial charge in [-0.05, 0) is 26.0 Å². The summed E-state index contributed by atoms with van der Waals surface area (Å²) in [5.41, 5.74) is 0.145. The number of amides is 1. The fourth-order valence-corrected chi connectivity index (χ4v) is 1.74. The summed E-state index contributed by atoms with van der Waals surface area (Å²) >= 11 is 0. The quantitative estimate of drug-likeness (QED) is 0.814. The minimum Gasteiger partial charge on any atom is -0.467 e. The first-order valence-corrected chi connectivity index (χ1v) is 5.78. The zero-order chi connectivity index (χ0) is 14.0. The number of ether oxygens (including phenoxy) is 1. The average Bonchev–Trinajstić information content (AvgIpc) is 2.84. The lowest BCUT2D eigenvalue weighted by molar-refractivity contribution is -0.146. The van der Waals surface area contributed by atoms with Crippen molar-refractivity contribution in [3.8, 4) is 0 Å². The summed E-state index contributed by atoms with van der Waals surface area (Å²) in [5.74, 6) is -0.838. The number of aromatic amines is 1. The lowest BCUT2D eigenvalue weighted by atomic mass is 10.0. The summed E-state index contributed by atoms with van der Waals surface area (Å²) in [7, 11) is 1.28. The minimum absolute atomic E-state index is 0.341. The second-order valence-electron chi connectivity index (χ2n) is 4.74. The third-order valence-corrected chi connectivity index (χ3v) is 2.83. The third kappa shape index (κ3) is 2.57. The summed E-state index contributed by atoms with van der Waals surface area (Å²) in [4.78, 5) is 23.6. The molecule has 1 heterocycles. The molecule has 2 aromatic rings. The molecular weight excluding hydrogens is 246 g/mol. The smallest absolute Gasteiger partial charge is 0.330 e. The fraction of sp³-hybridized carbons (Fsp3) is 0.308. The van der Waals surface area contributed by atoms with Crippen molar-refractivity contribution in [1.29, 1.82) is 0 Å². The maximum Gasteiger partial charge on any atom is 0.330 e. The van der Waals surface area contributed by atoms with E-state index in [1.807, 2.05) is 0 Å². The van der Waals surface area contributed by atoms with Gasteiger partial charge in [0, 0.05) is 10.9 Å². The minimum atomic E-state index is -1.07. The third-order valence-electron chi connectivity index (χ3n) is 2.83. The van der Waals surface area contributed by atoms with Crippen molar-refractivity contribution in [1.82, 2.24) is 15.5 Å². The normalized spacial score (nSPS) is 11.3. The van der Waals surface area contributed by atoms with Crippen molar-refractivity contribution >= 4 is 22.8 Å². The predicted molar refractivity (Wildman–Crippen MR) is 69.7 cm³/mol. The van der Waals surface area contributed by atoms with Crippen LogP contribution in [0.2, 0.25) is 0 Å². The molecule has 0 spiro atoms. The number of carbonyl (C=O) groups excluding carboxylic acids is 2. The lowest BCUT2D eigenvalue weighted by Crippen LogP contribution is -2.50. The van der Waals surface area contributed by atoms with Crippen LogP contribution in [0.5, 0.6) is 0 Å². The van der Waals surface area contributed by atoms with Crippen LogP contribution in [0.1, 0.15) is 24.2 Å². The highest BCUT2D eigenvalue weighted by atomic mass is 16.5. The van der Waals surface area contributed by atoms with E-state index in [2.05, 4.69) is 20.3 Å². The first kappa shape index (κ1) is 13.1. The molecule has 0 aliphatic carbocycles. The molecule has 0 saturated heterocycles. The van der Waals surface area contributed by atoms with E-state index in [9.17, 15) is 9.59 Å². The highest BCUT2D eigenvalue weighted by Crippen LogP contribution is 2.14. The molecule has 1 amide bonds. The Morgan fingerprint density at radius 2 is 2.11 bits per heavy atom. The Labute approximate surface area is 110 Å². The molecule has 6 nitrogen and oxygen atoms in total. The number of nitrogens with one attached hydrogen (secondary N) is 2. The molecular formula is C13H15N3O3. The first-order valence-electron chi connectivity index (χ1n) is 5.78. The Morgan fingerprint density at radius 3 is 2.79 bits per heavy atom. The number of hydrogen-bond acceptors (Lipinski definition) is 4. The molecule has 19 heavy (non-hydrogen) atoms. The van der Waals surface area contributed by atoms with Crippen molar-refractivity contribution in [2.45, 2.75) is 19.4 Å². The van der Waals surface area contributed by atoms with Crippen LogP contribution in [0.4, 0.5) is 0 Å². The molecule has 0 aliphatic heterocycles. The maximum absolute atomic E-state index is 12.1. The Bertz CT molecular complexity index is 631. The molecule has 0 atom stereocenters. The Hall–Kier alpha value is -2.37. The maximum atomic E-state index is 12.1. The monoisotopic (exact) mass is 261 g/mol. The van der Waals surface area contributed by atoms with Crippen LogP contribution in [-0.2, 0) is 9.53 Å². The van der Waals surface area contributed by atoms with E-state index < -0.39 is 11.5 Å². The number of hydrogen-bond donors (Lipinski definition) is 2. The van der Waals surface area contributed by atoms with E-state index in [0.29, 0.717) is 5.56 Å². The first-order chi connectivity index (χ1) is 8.94. The molecule has 0 unspecified atom stereocenters. The number of nitrogens with zero attached hydrogens (tertiary/aromatic N) is 1. The molecule has 100 valence electrons. The van der Waals surface area contributed by atoms with Gasteiger partial charge in [0.2, 0.25) is 0 Å². The molecule has 2 rings (SSSR count). The van der Waals surface area contributed by atoms with Crippen molar-refractivity contribution in [2.24, 2.45) is 0 Å². The van der Waals surface area contributed by atoms with Crippen LogP contribution in [0.25, 0.3) is 10.9 Å². The van der Waals surface area contributed by atoms with Gasteiger partial charge in [0.15, 0.2) is 0 Å². The van der Waals surface area contributed by atoms with Crippen LogP contribution in [0.3, 0.4) is 0 Å². The highest BCUT2D eigenvalue weighted by molar-refractivity contribution is 6.00. The van der Waals surface area contributed by atoms with Gasteiger partial charge in [-0.2, -0.15) is 5.10 Å². The van der Waals surface area contributed by atoms with Gasteiger partial charge in [0.05, 0.1) is 18.8 Å². The van der Waals surface area contributed by atoms with Crippen LogP contribution >= 0.6 is 0 Å². The van der Waals surface area contributed by atoms with E-state index in [1.54, 1.807) is 38.2 Å². The van der Waals surface area contributed by atoms with Gasteiger partial charge in [0.25, 0.3) is 5.91 Å². The number of carbonyl (C=O) groups is 2. The molecule has 2 N–H and O–H groups in total. The van der Waals surface area contributed by atoms with Gasteiger partial charge < -0.3 is 10.1 Å². The lowest BCUT2D eigenvalue weighted by Gasteiger charge is -2.23. The van der Waals surface area contributed by atoms with Crippen molar-refractivity contribution in [3.05, 3.63) is 30.0 Å². The predicted octanol–water partition coefficient (Wildman–Crippen LogP) is 1.24. The van der Waals surface area contributed by atoms with Gasteiger partial charge in [-0.1, -0.05) is 6.07 Å². The van der Waals surface area contributed by atoms with Crippen LogP contribution in [0.15, 0.2) is 24.4 Å². The Kier molecular flexibility index (Phi) is 3.25. The number of fused-ring (bicyclic) bond motifs is 1. The number of benzene rings is 1. The van der Waals surface area contributed by atoms with E-state index in [4.69, 9.17) is 0 Å². The zero-order valence-corrected chi connectivity index (χ0v) is 11.0. The number of aromatic nitrogens is 2. The van der Waals surface area contributed by atoms with Gasteiger partial charge in [0.1, 0.15) is 5.54 Å². The molecule has 0 aliphatic rings. The number of methoxy groups -OCH3 is 1. The van der Waals surface area contributed by atoms with Crippen molar-refractivity contribution in [2.75, 3.05) is 7.11 Å². The second-order valence-corrected chi connectivity index (χ2v) is 4.74. The topological polar surface area (TPSA) is 84.1 Å². The molecule has 0 bridgehead atoms. The van der Waals surface area contributed by atoms with Crippen LogP contribution < -0.4 is 5.32 Å². The summed E-state index contributed by atoms with van der Waals surface area (Å²) in [6.07, 6.45) is 1.68. The van der Waals surface area contributed by atoms with Crippen molar-refractivity contribution in [3.63, 3.8) is 0 Å². The number of rotatable bonds is 3. The number of esters is 1. The highest BCUT2D eigenvalue weighted by Gasteiger charge is 2.30. The van der Waals surface area contributed by atoms with E-state index in [1.165, 1.54) is 7.11 Å². The van der Waals surface area contributed by atoms with E-state index in [-0.39, 0.29) is 5.91 Å². The zero-order valence-electron chi connectivity index (χ0n) is 11.0. The van der Waals surface area contributed by atoms with Gasteiger partial charge in [-0.25, -0.2) is 4.79 Å².